The summed E-state index contributed by atoms with van der Waals surface area (Å²) in [6, 6.07) is 7.54. The van der Waals surface area contributed by atoms with Crippen LogP contribution in [0.25, 0.3) is 11.4 Å². The molecule has 0 fully saturated rings. The van der Waals surface area contributed by atoms with Crippen LogP contribution in [0.15, 0.2) is 29.4 Å². The highest BCUT2D eigenvalue weighted by molar-refractivity contribution is 7.58. The molecule has 3 nitrogen and oxygen atoms in total. The lowest BCUT2D eigenvalue weighted by Gasteiger charge is -2.10. The summed E-state index contributed by atoms with van der Waals surface area (Å²) in [6.45, 7) is 2.74. The second kappa shape index (κ2) is 4.16. The third-order valence-electron chi connectivity index (χ3n) is 2.15. The molecule has 2 aromatic rings. The van der Waals surface area contributed by atoms with Crippen LogP contribution in [-0.2, 0) is 19.2 Å². The topological polar surface area (TPSA) is 30.7 Å². The third kappa shape index (κ3) is 1.82. The highest BCUT2D eigenvalue weighted by Crippen LogP contribution is 2.26. The molecule has 0 unspecified atom stereocenters. The molecule has 2 rings (SSSR count). The quantitative estimate of drug-likeness (QED) is 0.754. The lowest BCUT2D eigenvalue weighted by atomic mass is 10.2. The highest BCUT2D eigenvalue weighted by Gasteiger charge is 2.09. The Bertz CT molecular complexity index is 481. The molecular formula is C10H9ClN3S-. The van der Waals surface area contributed by atoms with Crippen LogP contribution in [0, 0.1) is 0 Å². The van der Waals surface area contributed by atoms with Crippen LogP contribution in [0.3, 0.4) is 0 Å². The van der Waals surface area contributed by atoms with Gasteiger partial charge >= 0.3 is 0 Å². The Morgan fingerprint density at radius 1 is 1.33 bits per heavy atom. The Morgan fingerprint density at radius 3 is 2.73 bits per heavy atom. The maximum atomic E-state index is 6.08. The van der Waals surface area contributed by atoms with Gasteiger partial charge in [-0.25, -0.2) is 0 Å². The molecule has 0 amide bonds. The lowest BCUT2D eigenvalue weighted by molar-refractivity contribution is 0.689. The SMILES string of the molecule is CCn1c([S-])nnc1-c1ccccc1Cl. The zero-order valence-electron chi connectivity index (χ0n) is 8.14. The van der Waals surface area contributed by atoms with Gasteiger partial charge in [0, 0.05) is 17.3 Å². The van der Waals surface area contributed by atoms with E-state index in [0.29, 0.717) is 10.2 Å². The Kier molecular flexibility index (Phi) is 2.88. The summed E-state index contributed by atoms with van der Waals surface area (Å²) >= 11 is 11.1. The summed E-state index contributed by atoms with van der Waals surface area (Å²) in [6.07, 6.45) is 0. The molecule has 78 valence electrons. The van der Waals surface area contributed by atoms with Crippen molar-refractivity contribution in [2.75, 3.05) is 0 Å². The monoisotopic (exact) mass is 238 g/mol. The van der Waals surface area contributed by atoms with Gasteiger partial charge in [-0.05, 0) is 19.1 Å². The second-order valence-corrected chi connectivity index (χ2v) is 3.80. The van der Waals surface area contributed by atoms with Gasteiger partial charge in [0.2, 0.25) is 0 Å². The minimum atomic E-state index is 0.493. The van der Waals surface area contributed by atoms with E-state index >= 15 is 0 Å². The number of aromatic nitrogens is 3. The Labute approximate surface area is 98.5 Å². The van der Waals surface area contributed by atoms with Crippen molar-refractivity contribution in [2.45, 2.75) is 18.6 Å². The van der Waals surface area contributed by atoms with Crippen LogP contribution in [0.2, 0.25) is 5.02 Å². The number of rotatable bonds is 2. The van der Waals surface area contributed by atoms with Gasteiger partial charge in [-0.2, -0.15) is 5.10 Å². The zero-order chi connectivity index (χ0) is 10.8. The van der Waals surface area contributed by atoms with Crippen LogP contribution < -0.4 is 0 Å². The lowest BCUT2D eigenvalue weighted by Crippen LogP contribution is -1.99. The van der Waals surface area contributed by atoms with Gasteiger partial charge in [0.1, 0.15) is 0 Å². The smallest absolute Gasteiger partial charge is 0.164 e. The Hall–Kier alpha value is -1.13. The molecule has 0 radical (unpaired) electrons. The minimum Gasteiger partial charge on any atom is -0.740 e. The summed E-state index contributed by atoms with van der Waals surface area (Å²) in [4.78, 5) is 0. The third-order valence-corrected chi connectivity index (χ3v) is 2.78. The number of halogens is 1. The molecule has 15 heavy (non-hydrogen) atoms. The zero-order valence-corrected chi connectivity index (χ0v) is 9.72. The molecule has 1 aromatic heterocycles. The van der Waals surface area contributed by atoms with E-state index in [1.165, 1.54) is 0 Å². The first kappa shape index (κ1) is 10.4. The van der Waals surface area contributed by atoms with Crippen molar-refractivity contribution in [1.29, 1.82) is 0 Å². The number of nitrogens with zero attached hydrogens (tertiary/aromatic N) is 3. The average Bonchev–Trinajstić information content (AvgIpc) is 2.60. The number of benzene rings is 1. The fraction of sp³-hybridized carbons (Fsp3) is 0.200. The first-order valence-corrected chi connectivity index (χ1v) is 5.37. The summed E-state index contributed by atoms with van der Waals surface area (Å²) in [5.74, 6) is 0.730. The van der Waals surface area contributed by atoms with E-state index in [4.69, 9.17) is 24.2 Å². The van der Waals surface area contributed by atoms with E-state index in [-0.39, 0.29) is 0 Å². The molecule has 0 spiro atoms. The van der Waals surface area contributed by atoms with E-state index in [2.05, 4.69) is 10.2 Å². The predicted octanol–water partition coefficient (Wildman–Crippen LogP) is 2.52. The first-order chi connectivity index (χ1) is 7.24. The van der Waals surface area contributed by atoms with Gasteiger partial charge in [-0.3, -0.25) is 0 Å². The standard InChI is InChI=1S/C10H10ClN3S/c1-2-14-9(12-13-10(14)15)7-5-3-4-6-8(7)11/h3-6H,2H2,1H3,(H,13,15)/p-1. The molecule has 1 aromatic carbocycles. The van der Waals surface area contributed by atoms with Crippen molar-refractivity contribution in [2.24, 2.45) is 0 Å². The van der Waals surface area contributed by atoms with Crippen molar-refractivity contribution in [3.63, 3.8) is 0 Å². The molecule has 1 heterocycles. The molecule has 5 heteroatoms. The molecule has 0 bridgehead atoms. The van der Waals surface area contributed by atoms with Gasteiger partial charge in [-0.15, -0.1) is 5.10 Å². The predicted molar refractivity (Wildman–Crippen MR) is 61.8 cm³/mol. The fourth-order valence-electron chi connectivity index (χ4n) is 1.42. The van der Waals surface area contributed by atoms with Gasteiger partial charge in [-0.1, -0.05) is 23.7 Å². The van der Waals surface area contributed by atoms with E-state index in [1.54, 1.807) is 0 Å². The summed E-state index contributed by atoms with van der Waals surface area (Å²) < 4.78 is 1.86. The van der Waals surface area contributed by atoms with Crippen LogP contribution in [-0.4, -0.2) is 14.8 Å². The van der Waals surface area contributed by atoms with E-state index < -0.39 is 0 Å². The molecule has 0 saturated carbocycles. The molecule has 0 aliphatic carbocycles. The van der Waals surface area contributed by atoms with Gasteiger partial charge < -0.3 is 17.2 Å². The minimum absolute atomic E-state index is 0.493. The van der Waals surface area contributed by atoms with Crippen LogP contribution >= 0.6 is 11.6 Å². The molecule has 0 N–H and O–H groups in total. The Morgan fingerprint density at radius 2 is 2.07 bits per heavy atom. The largest absolute Gasteiger partial charge is 0.740 e. The number of hydrogen-bond donors (Lipinski definition) is 0. The summed E-state index contributed by atoms with van der Waals surface area (Å²) in [7, 11) is 0. The second-order valence-electron chi connectivity index (χ2n) is 3.03. The van der Waals surface area contributed by atoms with Crippen LogP contribution in [0.5, 0.6) is 0 Å². The van der Waals surface area contributed by atoms with Gasteiger partial charge in [0.15, 0.2) is 5.82 Å². The molecule has 0 aliphatic heterocycles. The summed E-state index contributed by atoms with van der Waals surface area (Å²) in [5, 5.41) is 9.07. The van der Waals surface area contributed by atoms with Crippen LogP contribution in [0.1, 0.15) is 6.92 Å². The van der Waals surface area contributed by atoms with Crippen molar-refractivity contribution in [3.8, 4) is 11.4 Å². The van der Waals surface area contributed by atoms with Crippen molar-refractivity contribution < 1.29 is 0 Å². The average molecular weight is 239 g/mol. The maximum absolute atomic E-state index is 6.08. The fourth-order valence-corrected chi connectivity index (χ4v) is 1.89. The maximum Gasteiger partial charge on any atom is 0.164 e. The van der Waals surface area contributed by atoms with E-state index in [9.17, 15) is 0 Å². The normalized spacial score (nSPS) is 10.5. The molecular weight excluding hydrogens is 230 g/mol. The highest BCUT2D eigenvalue weighted by atomic mass is 35.5. The summed E-state index contributed by atoms with van der Waals surface area (Å²) in [5.41, 5.74) is 0.865. The van der Waals surface area contributed by atoms with Crippen molar-refractivity contribution in [3.05, 3.63) is 29.3 Å². The van der Waals surface area contributed by atoms with E-state index in [1.807, 2.05) is 35.8 Å². The van der Waals surface area contributed by atoms with Crippen molar-refractivity contribution >= 4 is 24.2 Å². The first-order valence-electron chi connectivity index (χ1n) is 4.59. The Balaban J connectivity index is 2.59. The molecule has 0 aliphatic rings. The van der Waals surface area contributed by atoms with Gasteiger partial charge in [0.25, 0.3) is 0 Å². The molecule has 0 saturated heterocycles. The van der Waals surface area contributed by atoms with Gasteiger partial charge in [0.05, 0.1) is 5.02 Å². The van der Waals surface area contributed by atoms with Crippen LogP contribution in [0.4, 0.5) is 0 Å². The number of hydrogen-bond acceptors (Lipinski definition) is 3. The molecule has 0 atom stereocenters. The van der Waals surface area contributed by atoms with E-state index in [0.717, 1.165) is 17.9 Å². The van der Waals surface area contributed by atoms with Crippen molar-refractivity contribution in [1.82, 2.24) is 14.8 Å².